The van der Waals surface area contributed by atoms with Crippen molar-refractivity contribution in [3.63, 3.8) is 0 Å². The molecule has 0 saturated heterocycles. The van der Waals surface area contributed by atoms with E-state index in [0.29, 0.717) is 6.04 Å². The molecule has 0 aromatic rings. The Hall–Kier alpha value is -0.120. The van der Waals surface area contributed by atoms with Gasteiger partial charge in [-0.05, 0) is 46.7 Å². The molecule has 0 fully saturated rings. The number of nitrogens with one attached hydrogen (secondary N) is 1. The van der Waals surface area contributed by atoms with E-state index in [1.54, 1.807) is 7.11 Å². The number of methoxy groups -OCH3 is 1. The molecule has 0 heterocycles. The number of hydrogen-bond donors (Lipinski definition) is 1. The highest BCUT2D eigenvalue weighted by molar-refractivity contribution is 4.75. The smallest absolute Gasteiger partial charge is 0.0637 e. The predicted octanol–water partition coefficient (Wildman–Crippen LogP) is 2.51. The Kier molecular flexibility index (Phi) is 8.83. The first-order valence-corrected chi connectivity index (χ1v) is 6.96. The van der Waals surface area contributed by atoms with E-state index >= 15 is 0 Å². The van der Waals surface area contributed by atoms with Gasteiger partial charge in [0.15, 0.2) is 0 Å². The molecule has 0 aliphatic carbocycles. The number of rotatable bonds is 10. The lowest BCUT2D eigenvalue weighted by molar-refractivity contribution is 0.00846. The Labute approximate surface area is 108 Å². The molecule has 0 saturated carbocycles. The average Bonchev–Trinajstić information content (AvgIpc) is 2.27. The minimum atomic E-state index is -0.0275. The van der Waals surface area contributed by atoms with Gasteiger partial charge in [-0.1, -0.05) is 13.8 Å². The molecule has 0 bridgehead atoms. The number of nitrogens with zero attached hydrogens (tertiary/aromatic N) is 1. The molecule has 0 radical (unpaired) electrons. The summed E-state index contributed by atoms with van der Waals surface area (Å²) < 4.78 is 5.45. The van der Waals surface area contributed by atoms with Crippen LogP contribution in [0.4, 0.5) is 0 Å². The van der Waals surface area contributed by atoms with Crippen LogP contribution in [0.15, 0.2) is 0 Å². The maximum atomic E-state index is 5.45. The van der Waals surface area contributed by atoms with E-state index in [-0.39, 0.29) is 5.60 Å². The van der Waals surface area contributed by atoms with Crippen LogP contribution in [0.5, 0.6) is 0 Å². The van der Waals surface area contributed by atoms with Gasteiger partial charge in [-0.2, -0.15) is 0 Å². The summed E-state index contributed by atoms with van der Waals surface area (Å²) in [5, 5.41) is 3.57. The van der Waals surface area contributed by atoms with Crippen molar-refractivity contribution in [2.45, 2.75) is 59.1 Å². The largest absolute Gasteiger partial charge is 0.379 e. The standard InChI is InChI=1S/C14H32N2O/c1-7-10-16(8-2)11-9-15-13(3)12-14(4,5)17-6/h13,15H,7-12H2,1-6H3. The molecular weight excluding hydrogens is 212 g/mol. The zero-order valence-corrected chi connectivity index (χ0v) is 12.7. The Morgan fingerprint density at radius 2 is 1.88 bits per heavy atom. The minimum Gasteiger partial charge on any atom is -0.379 e. The summed E-state index contributed by atoms with van der Waals surface area (Å²) in [4.78, 5) is 2.49. The van der Waals surface area contributed by atoms with E-state index in [0.717, 1.165) is 26.1 Å². The second-order valence-electron chi connectivity index (χ2n) is 5.46. The molecular formula is C14H32N2O. The van der Waals surface area contributed by atoms with Gasteiger partial charge < -0.3 is 15.0 Å². The molecule has 0 aromatic heterocycles. The van der Waals surface area contributed by atoms with E-state index < -0.39 is 0 Å². The molecule has 104 valence electrons. The van der Waals surface area contributed by atoms with Crippen LogP contribution in [0.25, 0.3) is 0 Å². The van der Waals surface area contributed by atoms with Crippen molar-refractivity contribution in [3.8, 4) is 0 Å². The fraction of sp³-hybridized carbons (Fsp3) is 1.00. The molecule has 3 heteroatoms. The second-order valence-corrected chi connectivity index (χ2v) is 5.46. The van der Waals surface area contributed by atoms with Crippen molar-refractivity contribution < 1.29 is 4.74 Å². The summed E-state index contributed by atoms with van der Waals surface area (Å²) in [6, 6.07) is 0.505. The van der Waals surface area contributed by atoms with Crippen LogP contribution in [-0.2, 0) is 4.74 Å². The molecule has 0 spiro atoms. The van der Waals surface area contributed by atoms with Crippen molar-refractivity contribution >= 4 is 0 Å². The van der Waals surface area contributed by atoms with E-state index in [1.165, 1.54) is 13.0 Å². The van der Waals surface area contributed by atoms with Gasteiger partial charge in [0.25, 0.3) is 0 Å². The molecule has 1 N–H and O–H groups in total. The maximum absolute atomic E-state index is 5.45. The van der Waals surface area contributed by atoms with Crippen LogP contribution in [-0.4, -0.2) is 49.8 Å². The van der Waals surface area contributed by atoms with Crippen LogP contribution in [0.3, 0.4) is 0 Å². The van der Waals surface area contributed by atoms with E-state index in [9.17, 15) is 0 Å². The Bertz CT molecular complexity index is 183. The van der Waals surface area contributed by atoms with E-state index in [2.05, 4.69) is 44.8 Å². The lowest BCUT2D eigenvalue weighted by atomic mass is 10.00. The second kappa shape index (κ2) is 8.90. The summed E-state index contributed by atoms with van der Waals surface area (Å²) in [5.41, 5.74) is -0.0275. The molecule has 1 unspecified atom stereocenters. The summed E-state index contributed by atoms with van der Waals surface area (Å²) >= 11 is 0. The number of hydrogen-bond acceptors (Lipinski definition) is 3. The summed E-state index contributed by atoms with van der Waals surface area (Å²) in [7, 11) is 1.78. The van der Waals surface area contributed by atoms with Crippen LogP contribution in [0, 0.1) is 0 Å². The molecule has 0 aliphatic heterocycles. The first-order chi connectivity index (χ1) is 7.95. The van der Waals surface area contributed by atoms with Crippen molar-refractivity contribution in [3.05, 3.63) is 0 Å². The minimum absolute atomic E-state index is 0.0275. The third-order valence-electron chi connectivity index (χ3n) is 3.26. The molecule has 0 rings (SSSR count). The van der Waals surface area contributed by atoms with Crippen molar-refractivity contribution in [2.75, 3.05) is 33.3 Å². The first kappa shape index (κ1) is 16.9. The van der Waals surface area contributed by atoms with Gasteiger partial charge in [0.05, 0.1) is 5.60 Å². The third kappa shape index (κ3) is 8.58. The van der Waals surface area contributed by atoms with E-state index in [1.807, 2.05) is 0 Å². The van der Waals surface area contributed by atoms with Crippen LogP contribution < -0.4 is 5.32 Å². The van der Waals surface area contributed by atoms with Gasteiger partial charge in [-0.3, -0.25) is 0 Å². The summed E-state index contributed by atoms with van der Waals surface area (Å²) in [6.07, 6.45) is 2.28. The number of likely N-dealkylation sites (N-methyl/N-ethyl adjacent to an activating group) is 1. The zero-order chi connectivity index (χ0) is 13.3. The van der Waals surface area contributed by atoms with Crippen LogP contribution in [0.2, 0.25) is 0 Å². The van der Waals surface area contributed by atoms with Gasteiger partial charge in [0.2, 0.25) is 0 Å². The summed E-state index contributed by atoms with van der Waals surface area (Å²) in [6.45, 7) is 15.5. The highest BCUT2D eigenvalue weighted by atomic mass is 16.5. The van der Waals surface area contributed by atoms with Gasteiger partial charge in [-0.15, -0.1) is 0 Å². The van der Waals surface area contributed by atoms with Gasteiger partial charge in [-0.25, -0.2) is 0 Å². The Morgan fingerprint density at radius 3 is 2.35 bits per heavy atom. The maximum Gasteiger partial charge on any atom is 0.0637 e. The Balaban J connectivity index is 3.73. The van der Waals surface area contributed by atoms with Crippen LogP contribution >= 0.6 is 0 Å². The first-order valence-electron chi connectivity index (χ1n) is 6.96. The molecule has 0 aliphatic rings. The highest BCUT2D eigenvalue weighted by Gasteiger charge is 2.19. The van der Waals surface area contributed by atoms with Gasteiger partial charge in [0, 0.05) is 26.2 Å². The van der Waals surface area contributed by atoms with Crippen molar-refractivity contribution in [1.82, 2.24) is 10.2 Å². The van der Waals surface area contributed by atoms with Crippen molar-refractivity contribution in [1.29, 1.82) is 0 Å². The third-order valence-corrected chi connectivity index (χ3v) is 3.26. The molecule has 1 atom stereocenters. The fourth-order valence-corrected chi connectivity index (χ4v) is 2.11. The number of ether oxygens (including phenoxy) is 1. The highest BCUT2D eigenvalue weighted by Crippen LogP contribution is 2.15. The van der Waals surface area contributed by atoms with E-state index in [4.69, 9.17) is 4.74 Å². The summed E-state index contributed by atoms with van der Waals surface area (Å²) in [5.74, 6) is 0. The monoisotopic (exact) mass is 244 g/mol. The van der Waals surface area contributed by atoms with Crippen molar-refractivity contribution in [2.24, 2.45) is 0 Å². The lowest BCUT2D eigenvalue weighted by Gasteiger charge is -2.28. The Morgan fingerprint density at radius 1 is 1.24 bits per heavy atom. The average molecular weight is 244 g/mol. The lowest BCUT2D eigenvalue weighted by Crippen LogP contribution is -2.40. The normalized spacial score (nSPS) is 14.3. The van der Waals surface area contributed by atoms with Gasteiger partial charge >= 0.3 is 0 Å². The molecule has 17 heavy (non-hydrogen) atoms. The quantitative estimate of drug-likeness (QED) is 0.639. The zero-order valence-electron chi connectivity index (χ0n) is 12.7. The fourth-order valence-electron chi connectivity index (χ4n) is 2.11. The predicted molar refractivity (Wildman–Crippen MR) is 75.6 cm³/mol. The topological polar surface area (TPSA) is 24.5 Å². The molecule has 3 nitrogen and oxygen atoms in total. The van der Waals surface area contributed by atoms with Gasteiger partial charge in [0.1, 0.15) is 0 Å². The SMILES string of the molecule is CCCN(CC)CCNC(C)CC(C)(C)OC. The molecule has 0 aromatic carbocycles. The molecule has 0 amide bonds. The van der Waals surface area contributed by atoms with Crippen LogP contribution in [0.1, 0.15) is 47.5 Å².